The monoisotopic (exact) mass is 232 g/mol. The van der Waals surface area contributed by atoms with Gasteiger partial charge in [-0.3, -0.25) is 0 Å². The summed E-state index contributed by atoms with van der Waals surface area (Å²) >= 11 is 0. The molecule has 16 heavy (non-hydrogen) atoms. The molecule has 0 aliphatic carbocycles. The Morgan fingerprint density at radius 1 is 1.25 bits per heavy atom. The molecule has 0 spiro atoms. The highest BCUT2D eigenvalue weighted by molar-refractivity contribution is 5.80. The first-order valence-electron chi connectivity index (χ1n) is 5.36. The van der Waals surface area contributed by atoms with E-state index in [0.717, 1.165) is 0 Å². The Kier molecular flexibility index (Phi) is 3.34. The lowest BCUT2D eigenvalue weighted by atomic mass is 9.86. The van der Waals surface area contributed by atoms with E-state index in [1.807, 2.05) is 20.8 Å². The van der Waals surface area contributed by atoms with E-state index in [-0.39, 0.29) is 6.61 Å². The summed E-state index contributed by atoms with van der Waals surface area (Å²) in [6.07, 6.45) is 0.374. The van der Waals surface area contributed by atoms with Crippen LogP contribution in [-0.4, -0.2) is 29.1 Å². The minimum absolute atomic E-state index is 0.0372. The first-order chi connectivity index (χ1) is 7.15. The van der Waals surface area contributed by atoms with Gasteiger partial charge in [-0.1, -0.05) is 20.8 Å². The first-order valence-corrected chi connectivity index (χ1v) is 5.36. The standard InChI is InChI=1S/C11H20O5/c1-9(2,3)11(15-16-11)8(13)14-10(4,5)6-7-12/h12H,6-7H2,1-5H3. The third-order valence-corrected chi connectivity index (χ3v) is 2.59. The van der Waals surface area contributed by atoms with Crippen LogP contribution in [-0.2, 0) is 19.3 Å². The van der Waals surface area contributed by atoms with Crippen molar-refractivity contribution in [1.29, 1.82) is 0 Å². The molecule has 1 fully saturated rings. The van der Waals surface area contributed by atoms with E-state index in [1.165, 1.54) is 0 Å². The molecule has 0 bridgehead atoms. The van der Waals surface area contributed by atoms with E-state index >= 15 is 0 Å². The van der Waals surface area contributed by atoms with Gasteiger partial charge in [0, 0.05) is 18.4 Å². The normalized spacial score (nSPS) is 19.4. The predicted molar refractivity (Wildman–Crippen MR) is 56.2 cm³/mol. The van der Waals surface area contributed by atoms with Gasteiger partial charge in [-0.05, 0) is 13.8 Å². The summed E-state index contributed by atoms with van der Waals surface area (Å²) in [6, 6.07) is 0. The van der Waals surface area contributed by atoms with Crippen LogP contribution in [0.1, 0.15) is 41.0 Å². The van der Waals surface area contributed by atoms with Crippen molar-refractivity contribution in [3.05, 3.63) is 0 Å². The van der Waals surface area contributed by atoms with Crippen molar-refractivity contribution in [2.24, 2.45) is 5.41 Å². The number of hydrogen-bond acceptors (Lipinski definition) is 5. The second kappa shape index (κ2) is 3.98. The quantitative estimate of drug-likeness (QED) is 0.450. The molecule has 0 aromatic carbocycles. The number of carbonyl (C=O) groups is 1. The van der Waals surface area contributed by atoms with Crippen molar-refractivity contribution in [2.45, 2.75) is 52.4 Å². The molecule has 0 unspecified atom stereocenters. The van der Waals surface area contributed by atoms with Crippen LogP contribution >= 0.6 is 0 Å². The lowest BCUT2D eigenvalue weighted by molar-refractivity contribution is -0.170. The Morgan fingerprint density at radius 2 is 1.75 bits per heavy atom. The molecule has 1 N–H and O–H groups in total. The highest BCUT2D eigenvalue weighted by Gasteiger charge is 2.67. The molecule has 0 aromatic rings. The smallest absolute Gasteiger partial charge is 0.373 e. The fourth-order valence-corrected chi connectivity index (χ4v) is 1.30. The largest absolute Gasteiger partial charge is 0.455 e. The molecule has 94 valence electrons. The highest BCUT2D eigenvalue weighted by atomic mass is 17.4. The van der Waals surface area contributed by atoms with Gasteiger partial charge >= 0.3 is 11.8 Å². The van der Waals surface area contributed by atoms with Crippen molar-refractivity contribution in [3.8, 4) is 0 Å². The van der Waals surface area contributed by atoms with E-state index in [4.69, 9.17) is 19.6 Å². The van der Waals surface area contributed by atoms with E-state index in [2.05, 4.69) is 0 Å². The lowest BCUT2D eigenvalue weighted by Gasteiger charge is -2.28. The third kappa shape index (κ3) is 2.53. The summed E-state index contributed by atoms with van der Waals surface area (Å²) in [7, 11) is 0. The molecule has 0 amide bonds. The molecule has 1 heterocycles. The van der Waals surface area contributed by atoms with Crippen molar-refractivity contribution in [3.63, 3.8) is 0 Å². The van der Waals surface area contributed by atoms with E-state index < -0.39 is 22.8 Å². The summed E-state index contributed by atoms with van der Waals surface area (Å²) in [5.74, 6) is -1.84. The zero-order valence-electron chi connectivity index (χ0n) is 10.5. The molecule has 5 heteroatoms. The Balaban J connectivity index is 2.67. The second-order valence-electron chi connectivity index (χ2n) is 5.66. The maximum atomic E-state index is 11.9. The lowest BCUT2D eigenvalue weighted by Crippen LogP contribution is -2.43. The van der Waals surface area contributed by atoms with E-state index in [9.17, 15) is 4.79 Å². The van der Waals surface area contributed by atoms with Crippen molar-refractivity contribution < 1.29 is 24.4 Å². The summed E-state index contributed by atoms with van der Waals surface area (Å²) in [6.45, 7) is 8.94. The minimum atomic E-state index is -1.29. The zero-order valence-corrected chi connectivity index (χ0v) is 10.5. The van der Waals surface area contributed by atoms with Crippen LogP contribution < -0.4 is 0 Å². The van der Waals surface area contributed by atoms with Crippen LogP contribution in [0.2, 0.25) is 0 Å². The van der Waals surface area contributed by atoms with Crippen LogP contribution in [0.3, 0.4) is 0 Å². The van der Waals surface area contributed by atoms with Gasteiger partial charge in [0.15, 0.2) is 0 Å². The second-order valence-corrected chi connectivity index (χ2v) is 5.66. The number of esters is 1. The van der Waals surface area contributed by atoms with Gasteiger partial charge in [0.25, 0.3) is 0 Å². The van der Waals surface area contributed by atoms with E-state index in [1.54, 1.807) is 13.8 Å². The fourth-order valence-electron chi connectivity index (χ4n) is 1.30. The SMILES string of the molecule is CC(C)(CCO)OC(=O)C1(C(C)(C)C)OO1. The number of ether oxygens (including phenoxy) is 1. The average Bonchev–Trinajstić information content (AvgIpc) is 2.79. The topological polar surface area (TPSA) is 71.6 Å². The molecular weight excluding hydrogens is 212 g/mol. The summed E-state index contributed by atoms with van der Waals surface area (Å²) in [5, 5.41) is 8.84. The van der Waals surface area contributed by atoms with Gasteiger partial charge in [0.05, 0.1) is 0 Å². The fraction of sp³-hybridized carbons (Fsp3) is 0.909. The molecule has 1 rings (SSSR count). The number of rotatable bonds is 4. The van der Waals surface area contributed by atoms with E-state index in [0.29, 0.717) is 6.42 Å². The number of hydrogen-bond donors (Lipinski definition) is 1. The van der Waals surface area contributed by atoms with Crippen LogP contribution in [0.25, 0.3) is 0 Å². The summed E-state index contributed by atoms with van der Waals surface area (Å²) in [4.78, 5) is 21.5. The van der Waals surface area contributed by atoms with Gasteiger partial charge in [-0.25, -0.2) is 4.79 Å². The van der Waals surface area contributed by atoms with Crippen LogP contribution in [0.5, 0.6) is 0 Å². The Bertz CT molecular complexity index is 273. The summed E-state index contributed by atoms with van der Waals surface area (Å²) < 4.78 is 5.28. The molecule has 1 saturated heterocycles. The maximum Gasteiger partial charge on any atom is 0.373 e. The molecule has 0 saturated carbocycles. The molecule has 1 aliphatic rings. The minimum Gasteiger partial charge on any atom is -0.455 e. The van der Waals surface area contributed by atoms with Crippen molar-refractivity contribution >= 4 is 5.97 Å². The predicted octanol–water partition coefficient (Wildman–Crippen LogP) is 1.39. The Hall–Kier alpha value is -0.650. The number of aliphatic hydroxyl groups excluding tert-OH is 1. The first kappa shape index (κ1) is 13.4. The molecule has 1 aliphatic heterocycles. The van der Waals surface area contributed by atoms with Crippen molar-refractivity contribution in [1.82, 2.24) is 0 Å². The van der Waals surface area contributed by atoms with Gasteiger partial charge in [-0.2, -0.15) is 9.78 Å². The Labute approximate surface area is 95.6 Å². The Morgan fingerprint density at radius 3 is 2.06 bits per heavy atom. The van der Waals surface area contributed by atoms with Gasteiger partial charge in [0.1, 0.15) is 5.60 Å². The van der Waals surface area contributed by atoms with Crippen molar-refractivity contribution in [2.75, 3.05) is 6.61 Å². The van der Waals surface area contributed by atoms with Gasteiger partial charge in [0.2, 0.25) is 0 Å². The molecule has 5 nitrogen and oxygen atoms in total. The third-order valence-electron chi connectivity index (χ3n) is 2.59. The zero-order chi connectivity index (χ0) is 12.6. The average molecular weight is 232 g/mol. The van der Waals surface area contributed by atoms with Crippen LogP contribution in [0.15, 0.2) is 0 Å². The molecule has 0 aromatic heterocycles. The summed E-state index contributed by atoms with van der Waals surface area (Å²) in [5.41, 5.74) is -1.21. The molecular formula is C11H20O5. The molecule has 0 radical (unpaired) electrons. The van der Waals surface area contributed by atoms with Crippen LogP contribution in [0.4, 0.5) is 0 Å². The highest BCUT2D eigenvalue weighted by Crippen LogP contribution is 2.47. The number of aliphatic hydroxyl groups is 1. The van der Waals surface area contributed by atoms with Crippen LogP contribution in [0, 0.1) is 5.41 Å². The van der Waals surface area contributed by atoms with Gasteiger partial charge < -0.3 is 9.84 Å². The number of carbonyl (C=O) groups excluding carboxylic acids is 1. The molecule has 0 atom stereocenters. The maximum absolute atomic E-state index is 11.9. The van der Waals surface area contributed by atoms with Gasteiger partial charge in [-0.15, -0.1) is 0 Å².